The highest BCUT2D eigenvalue weighted by molar-refractivity contribution is 9.10. The second-order valence-corrected chi connectivity index (χ2v) is 5.90. The summed E-state index contributed by atoms with van der Waals surface area (Å²) in [6.45, 7) is 4.74. The molecule has 1 aliphatic carbocycles. The van der Waals surface area contributed by atoms with Gasteiger partial charge in [-0.25, -0.2) is 0 Å². The Morgan fingerprint density at radius 2 is 2.00 bits per heavy atom. The SMILES string of the molecule is CC1(C)CCC(c2coc(Br)c2)CC1. The van der Waals surface area contributed by atoms with Gasteiger partial charge in [0, 0.05) is 0 Å². The fourth-order valence-corrected chi connectivity index (χ4v) is 2.63. The standard InChI is InChI=1S/C12H17BrO/c1-12(2)5-3-9(4-6-12)10-7-11(13)14-8-10/h7-9H,3-6H2,1-2H3. The Kier molecular flexibility index (Phi) is 2.74. The zero-order valence-electron chi connectivity index (χ0n) is 8.85. The molecule has 1 aliphatic rings. The van der Waals surface area contributed by atoms with E-state index in [1.54, 1.807) is 0 Å². The summed E-state index contributed by atoms with van der Waals surface area (Å²) in [5.74, 6) is 0.720. The molecule has 0 radical (unpaired) electrons. The van der Waals surface area contributed by atoms with Gasteiger partial charge in [0.2, 0.25) is 0 Å². The Morgan fingerprint density at radius 1 is 1.36 bits per heavy atom. The average molecular weight is 257 g/mol. The molecule has 0 aromatic carbocycles. The van der Waals surface area contributed by atoms with E-state index in [0.29, 0.717) is 5.41 Å². The van der Waals surface area contributed by atoms with Crippen molar-refractivity contribution in [3.8, 4) is 0 Å². The summed E-state index contributed by atoms with van der Waals surface area (Å²) in [5.41, 5.74) is 1.92. The van der Waals surface area contributed by atoms with E-state index in [2.05, 4.69) is 35.8 Å². The van der Waals surface area contributed by atoms with E-state index in [1.165, 1.54) is 31.2 Å². The molecule has 1 nitrogen and oxygen atoms in total. The van der Waals surface area contributed by atoms with Crippen molar-refractivity contribution in [3.05, 3.63) is 22.6 Å². The van der Waals surface area contributed by atoms with Gasteiger partial charge in [0.15, 0.2) is 4.67 Å². The van der Waals surface area contributed by atoms with Gasteiger partial charge in [-0.3, -0.25) is 0 Å². The summed E-state index contributed by atoms with van der Waals surface area (Å²) < 4.78 is 6.15. The van der Waals surface area contributed by atoms with Gasteiger partial charge >= 0.3 is 0 Å². The van der Waals surface area contributed by atoms with Crippen molar-refractivity contribution in [3.63, 3.8) is 0 Å². The summed E-state index contributed by atoms with van der Waals surface area (Å²) >= 11 is 3.35. The lowest BCUT2D eigenvalue weighted by Gasteiger charge is -2.33. The molecule has 1 aromatic rings. The average Bonchev–Trinajstić information content (AvgIpc) is 2.52. The van der Waals surface area contributed by atoms with Crippen molar-refractivity contribution >= 4 is 15.9 Å². The Balaban J connectivity index is 2.02. The van der Waals surface area contributed by atoms with Crippen LogP contribution in [0.4, 0.5) is 0 Å². The van der Waals surface area contributed by atoms with Gasteiger partial charge in [-0.2, -0.15) is 0 Å². The summed E-state index contributed by atoms with van der Waals surface area (Å²) in [7, 11) is 0. The van der Waals surface area contributed by atoms with Crippen molar-refractivity contribution in [2.75, 3.05) is 0 Å². The Labute approximate surface area is 94.0 Å². The highest BCUT2D eigenvalue weighted by Gasteiger charge is 2.28. The molecule has 2 heteroatoms. The molecule has 0 saturated heterocycles. The van der Waals surface area contributed by atoms with Crippen LogP contribution in [0.3, 0.4) is 0 Å². The predicted molar refractivity (Wildman–Crippen MR) is 61.4 cm³/mol. The maximum atomic E-state index is 5.29. The van der Waals surface area contributed by atoms with Gasteiger partial charge in [-0.1, -0.05) is 13.8 Å². The van der Waals surface area contributed by atoms with Crippen molar-refractivity contribution in [1.82, 2.24) is 0 Å². The lowest BCUT2D eigenvalue weighted by molar-refractivity contribution is 0.224. The van der Waals surface area contributed by atoms with Crippen LogP contribution in [0, 0.1) is 5.41 Å². The number of halogens is 1. The van der Waals surface area contributed by atoms with Crippen LogP contribution in [0.5, 0.6) is 0 Å². The largest absolute Gasteiger partial charge is 0.457 e. The molecule has 1 fully saturated rings. The lowest BCUT2D eigenvalue weighted by Crippen LogP contribution is -2.19. The minimum absolute atomic E-state index is 0.553. The van der Waals surface area contributed by atoms with Crippen LogP contribution in [-0.4, -0.2) is 0 Å². The third kappa shape index (κ3) is 2.22. The molecular weight excluding hydrogens is 240 g/mol. The van der Waals surface area contributed by atoms with E-state index >= 15 is 0 Å². The first-order valence-corrected chi connectivity index (χ1v) is 6.10. The van der Waals surface area contributed by atoms with Crippen LogP contribution in [0.1, 0.15) is 51.0 Å². The second-order valence-electron chi connectivity index (χ2n) is 5.12. The van der Waals surface area contributed by atoms with Gasteiger partial charge in [0.25, 0.3) is 0 Å². The number of hydrogen-bond donors (Lipinski definition) is 0. The summed E-state index contributed by atoms with van der Waals surface area (Å²) in [6, 6.07) is 2.11. The number of furan rings is 1. The molecule has 1 heterocycles. The smallest absolute Gasteiger partial charge is 0.169 e. The molecule has 78 valence electrons. The summed E-state index contributed by atoms with van der Waals surface area (Å²) in [6.07, 6.45) is 7.17. The fraction of sp³-hybridized carbons (Fsp3) is 0.667. The Bertz CT molecular complexity index is 304. The predicted octanol–water partition coefficient (Wildman–Crippen LogP) is 4.73. The van der Waals surface area contributed by atoms with E-state index in [-0.39, 0.29) is 0 Å². The van der Waals surface area contributed by atoms with Crippen LogP contribution >= 0.6 is 15.9 Å². The molecule has 0 unspecified atom stereocenters. The van der Waals surface area contributed by atoms with E-state index in [1.807, 2.05) is 6.26 Å². The molecule has 0 bridgehead atoms. The molecule has 2 rings (SSSR count). The van der Waals surface area contributed by atoms with Gasteiger partial charge < -0.3 is 4.42 Å². The van der Waals surface area contributed by atoms with Crippen molar-refractivity contribution in [1.29, 1.82) is 0 Å². The molecule has 0 aliphatic heterocycles. The molecule has 0 N–H and O–H groups in total. The first-order chi connectivity index (χ1) is 6.57. The van der Waals surface area contributed by atoms with Gasteiger partial charge in [0.05, 0.1) is 6.26 Å². The third-order valence-corrected chi connectivity index (χ3v) is 3.81. The topological polar surface area (TPSA) is 13.1 Å². The first kappa shape index (κ1) is 10.3. The maximum Gasteiger partial charge on any atom is 0.169 e. The number of hydrogen-bond acceptors (Lipinski definition) is 1. The molecule has 14 heavy (non-hydrogen) atoms. The molecule has 0 spiro atoms. The van der Waals surface area contributed by atoms with Gasteiger partial charge in [-0.15, -0.1) is 0 Å². The molecule has 0 atom stereocenters. The zero-order valence-corrected chi connectivity index (χ0v) is 10.4. The second kappa shape index (κ2) is 3.73. The Hall–Kier alpha value is -0.240. The van der Waals surface area contributed by atoms with Crippen molar-refractivity contribution in [2.45, 2.75) is 45.4 Å². The van der Waals surface area contributed by atoms with Crippen LogP contribution in [0.15, 0.2) is 21.4 Å². The quantitative estimate of drug-likeness (QED) is 0.709. The minimum atomic E-state index is 0.553. The van der Waals surface area contributed by atoms with E-state index in [0.717, 1.165) is 10.6 Å². The molecule has 1 saturated carbocycles. The van der Waals surface area contributed by atoms with Crippen LogP contribution in [0.25, 0.3) is 0 Å². The molecular formula is C12H17BrO. The van der Waals surface area contributed by atoms with Crippen LogP contribution in [0.2, 0.25) is 0 Å². The fourth-order valence-electron chi connectivity index (χ4n) is 2.27. The molecule has 0 amide bonds. The van der Waals surface area contributed by atoms with Crippen LogP contribution in [-0.2, 0) is 0 Å². The van der Waals surface area contributed by atoms with E-state index in [9.17, 15) is 0 Å². The highest BCUT2D eigenvalue weighted by Crippen LogP contribution is 2.42. The molecule has 1 aromatic heterocycles. The third-order valence-electron chi connectivity index (χ3n) is 3.40. The highest BCUT2D eigenvalue weighted by atomic mass is 79.9. The summed E-state index contributed by atoms with van der Waals surface area (Å²) in [5, 5.41) is 0. The summed E-state index contributed by atoms with van der Waals surface area (Å²) in [4.78, 5) is 0. The van der Waals surface area contributed by atoms with Gasteiger partial charge in [0.1, 0.15) is 0 Å². The zero-order chi connectivity index (χ0) is 10.2. The Morgan fingerprint density at radius 3 is 2.50 bits per heavy atom. The maximum absolute atomic E-state index is 5.29. The first-order valence-electron chi connectivity index (χ1n) is 5.31. The lowest BCUT2D eigenvalue weighted by atomic mass is 9.72. The number of rotatable bonds is 1. The van der Waals surface area contributed by atoms with Crippen molar-refractivity contribution < 1.29 is 4.42 Å². The van der Waals surface area contributed by atoms with Crippen molar-refractivity contribution in [2.24, 2.45) is 5.41 Å². The van der Waals surface area contributed by atoms with Gasteiger partial charge in [-0.05, 0) is 64.6 Å². The van der Waals surface area contributed by atoms with E-state index in [4.69, 9.17) is 4.42 Å². The normalized spacial score (nSPS) is 22.5. The minimum Gasteiger partial charge on any atom is -0.457 e. The van der Waals surface area contributed by atoms with Crippen LogP contribution < -0.4 is 0 Å². The van der Waals surface area contributed by atoms with E-state index < -0.39 is 0 Å². The monoisotopic (exact) mass is 256 g/mol.